The maximum absolute atomic E-state index is 11.9. The number of aliphatic carboxylic acids is 1. The number of hydrogen-bond acceptors (Lipinski definition) is 5. The zero-order chi connectivity index (χ0) is 21.4. The highest BCUT2D eigenvalue weighted by Gasteiger charge is 2.24. The Hall–Kier alpha value is -2.94. The van der Waals surface area contributed by atoms with Crippen molar-refractivity contribution in [3.8, 4) is 11.1 Å². The van der Waals surface area contributed by atoms with Crippen molar-refractivity contribution in [2.75, 3.05) is 7.11 Å². The minimum atomic E-state index is -1.68. The molecule has 2 atom stereocenters. The molecule has 0 saturated heterocycles. The largest absolute Gasteiger partial charge is 0.479 e. The predicted molar refractivity (Wildman–Crippen MR) is 106 cm³/mol. The lowest BCUT2D eigenvalue weighted by atomic mass is 9.98. The summed E-state index contributed by atoms with van der Waals surface area (Å²) in [6, 6.07) is 14.0. The molecule has 0 fully saturated rings. The number of halogens is 1. The van der Waals surface area contributed by atoms with Gasteiger partial charge in [0.15, 0.2) is 6.10 Å². The molecule has 2 aromatic carbocycles. The van der Waals surface area contributed by atoms with Gasteiger partial charge in [0.1, 0.15) is 0 Å². The Bertz CT molecular complexity index is 872. The van der Waals surface area contributed by atoms with Crippen LogP contribution < -0.4 is 10.8 Å². The molecule has 0 radical (unpaired) electrons. The summed E-state index contributed by atoms with van der Waals surface area (Å²) >= 11 is 6.01. The summed E-state index contributed by atoms with van der Waals surface area (Å²) in [5, 5.41) is 21.6. The highest BCUT2D eigenvalue weighted by atomic mass is 35.5. The summed E-state index contributed by atoms with van der Waals surface area (Å²) in [6.45, 7) is 0. The van der Waals surface area contributed by atoms with E-state index in [0.717, 1.165) is 16.7 Å². The van der Waals surface area contributed by atoms with E-state index in [-0.39, 0.29) is 12.8 Å². The first-order valence-electron chi connectivity index (χ1n) is 8.69. The van der Waals surface area contributed by atoms with Crippen LogP contribution in [-0.4, -0.2) is 47.3 Å². The first-order valence-corrected chi connectivity index (χ1v) is 9.07. The first-order chi connectivity index (χ1) is 13.8. The molecule has 0 aliphatic rings. The minimum absolute atomic E-state index is 0.214. The van der Waals surface area contributed by atoms with Gasteiger partial charge in [0.05, 0.1) is 7.11 Å². The maximum Gasteiger partial charge on any atom is 0.332 e. The number of carbonyl (C=O) groups is 3. The molecule has 2 rings (SSSR count). The fourth-order valence-corrected chi connectivity index (χ4v) is 2.93. The fraction of sp³-hybridized carbons (Fsp3) is 0.250. The molecular weight excluding hydrogens is 400 g/mol. The Morgan fingerprint density at radius 1 is 1.07 bits per heavy atom. The van der Waals surface area contributed by atoms with Crippen LogP contribution in [0.1, 0.15) is 12.0 Å². The van der Waals surface area contributed by atoms with E-state index in [1.807, 2.05) is 47.9 Å². The Labute approximate surface area is 172 Å². The number of amides is 2. The predicted octanol–water partition coefficient (Wildman–Crippen LogP) is 1.55. The molecule has 29 heavy (non-hydrogen) atoms. The highest BCUT2D eigenvalue weighted by Crippen LogP contribution is 2.23. The topological polar surface area (TPSA) is 125 Å². The van der Waals surface area contributed by atoms with Gasteiger partial charge in [0, 0.05) is 17.5 Å². The van der Waals surface area contributed by atoms with Crippen molar-refractivity contribution in [2.24, 2.45) is 0 Å². The standard InChI is InChI=1S/C20H21ClN2O6/c1-29-23-19(26)18(25)22-16(11-17(24)20(27)28)9-12-5-7-13(8-6-12)14-3-2-4-15(21)10-14/h2-8,10,16-17,24H,9,11H2,1H3,(H,22,25)(H,23,26)(H,27,28). The second-order valence-corrected chi connectivity index (χ2v) is 6.74. The Kier molecular flexibility index (Phi) is 8.14. The molecule has 9 heteroatoms. The van der Waals surface area contributed by atoms with Gasteiger partial charge in [-0.3, -0.25) is 14.4 Å². The molecule has 0 aromatic heterocycles. The molecule has 2 unspecified atom stereocenters. The first kappa shape index (κ1) is 22.4. The van der Waals surface area contributed by atoms with Gasteiger partial charge >= 0.3 is 17.8 Å². The third-order valence-electron chi connectivity index (χ3n) is 4.12. The van der Waals surface area contributed by atoms with E-state index in [0.29, 0.717) is 5.02 Å². The third-order valence-corrected chi connectivity index (χ3v) is 4.36. The molecule has 0 bridgehead atoms. The Morgan fingerprint density at radius 3 is 2.34 bits per heavy atom. The molecule has 0 spiro atoms. The average molecular weight is 421 g/mol. The van der Waals surface area contributed by atoms with Crippen molar-refractivity contribution in [3.05, 3.63) is 59.1 Å². The summed E-state index contributed by atoms with van der Waals surface area (Å²) in [6.07, 6.45) is -1.74. The zero-order valence-electron chi connectivity index (χ0n) is 15.6. The molecule has 154 valence electrons. The molecule has 8 nitrogen and oxygen atoms in total. The van der Waals surface area contributed by atoms with E-state index < -0.39 is 29.9 Å². The van der Waals surface area contributed by atoms with Crippen LogP contribution >= 0.6 is 11.6 Å². The smallest absolute Gasteiger partial charge is 0.332 e. The van der Waals surface area contributed by atoms with Crippen molar-refractivity contribution in [1.82, 2.24) is 10.8 Å². The average Bonchev–Trinajstić information content (AvgIpc) is 2.68. The van der Waals surface area contributed by atoms with Crippen LogP contribution in [0, 0.1) is 0 Å². The Balaban J connectivity index is 2.13. The molecule has 0 aliphatic carbocycles. The molecule has 2 aromatic rings. The third kappa shape index (κ3) is 6.86. The summed E-state index contributed by atoms with van der Waals surface area (Å²) < 4.78 is 0. The Morgan fingerprint density at radius 2 is 1.76 bits per heavy atom. The zero-order valence-corrected chi connectivity index (χ0v) is 16.3. The molecule has 0 saturated carbocycles. The van der Waals surface area contributed by atoms with Gasteiger partial charge in [-0.15, -0.1) is 0 Å². The molecule has 2 amide bonds. The lowest BCUT2D eigenvalue weighted by molar-refractivity contribution is -0.148. The quantitative estimate of drug-likeness (QED) is 0.379. The van der Waals surface area contributed by atoms with Crippen molar-refractivity contribution in [3.63, 3.8) is 0 Å². The maximum atomic E-state index is 11.9. The van der Waals surface area contributed by atoms with Crippen LogP contribution in [0.15, 0.2) is 48.5 Å². The van der Waals surface area contributed by atoms with E-state index in [4.69, 9.17) is 16.7 Å². The lowest BCUT2D eigenvalue weighted by Gasteiger charge is -2.20. The molecule has 0 aliphatic heterocycles. The number of benzene rings is 2. The molecule has 0 heterocycles. The van der Waals surface area contributed by atoms with Crippen molar-refractivity contribution < 1.29 is 29.4 Å². The number of aliphatic hydroxyl groups is 1. The van der Waals surface area contributed by atoms with Crippen molar-refractivity contribution in [1.29, 1.82) is 0 Å². The van der Waals surface area contributed by atoms with E-state index in [9.17, 15) is 19.5 Å². The summed E-state index contributed by atoms with van der Waals surface area (Å²) in [4.78, 5) is 38.8. The van der Waals surface area contributed by atoms with Crippen LogP contribution in [-0.2, 0) is 25.6 Å². The normalized spacial score (nSPS) is 12.7. The molecule has 4 N–H and O–H groups in total. The number of hydrogen-bond donors (Lipinski definition) is 4. The van der Waals surface area contributed by atoms with Crippen LogP contribution in [0.5, 0.6) is 0 Å². The summed E-state index contributed by atoms with van der Waals surface area (Å²) in [7, 11) is 1.18. The van der Waals surface area contributed by atoms with Crippen molar-refractivity contribution >= 4 is 29.4 Å². The van der Waals surface area contributed by atoms with Gasteiger partial charge in [0.2, 0.25) is 0 Å². The van der Waals surface area contributed by atoms with Crippen LogP contribution in [0.3, 0.4) is 0 Å². The minimum Gasteiger partial charge on any atom is -0.479 e. The second-order valence-electron chi connectivity index (χ2n) is 6.31. The van der Waals surface area contributed by atoms with Crippen LogP contribution in [0.25, 0.3) is 11.1 Å². The van der Waals surface area contributed by atoms with Gasteiger partial charge in [-0.2, -0.15) is 0 Å². The molecular formula is C20H21ClN2O6. The van der Waals surface area contributed by atoms with Gasteiger partial charge < -0.3 is 15.5 Å². The summed E-state index contributed by atoms with van der Waals surface area (Å²) in [5.74, 6) is -3.44. The number of carboxylic acids is 1. The summed E-state index contributed by atoms with van der Waals surface area (Å²) in [5.41, 5.74) is 4.53. The second kappa shape index (κ2) is 10.6. The van der Waals surface area contributed by atoms with E-state index in [1.54, 1.807) is 6.07 Å². The highest BCUT2D eigenvalue weighted by molar-refractivity contribution is 6.34. The number of carboxylic acid groups (broad SMARTS) is 1. The number of rotatable bonds is 8. The number of aliphatic hydroxyl groups excluding tert-OH is 1. The monoisotopic (exact) mass is 420 g/mol. The van der Waals surface area contributed by atoms with Crippen molar-refractivity contribution in [2.45, 2.75) is 25.0 Å². The van der Waals surface area contributed by atoms with Gasteiger partial charge in [-0.05, 0) is 35.2 Å². The number of carbonyl (C=O) groups excluding carboxylic acids is 2. The van der Waals surface area contributed by atoms with E-state index in [1.165, 1.54) is 7.11 Å². The van der Waals surface area contributed by atoms with Crippen LogP contribution in [0.4, 0.5) is 0 Å². The van der Waals surface area contributed by atoms with Crippen LogP contribution in [0.2, 0.25) is 5.02 Å². The van der Waals surface area contributed by atoms with E-state index in [2.05, 4.69) is 10.2 Å². The SMILES string of the molecule is CONC(=O)C(=O)NC(Cc1ccc(-c2cccc(Cl)c2)cc1)CC(O)C(=O)O. The number of nitrogens with one attached hydrogen (secondary N) is 2. The van der Waals surface area contributed by atoms with Gasteiger partial charge in [-0.1, -0.05) is 48.0 Å². The lowest BCUT2D eigenvalue weighted by Crippen LogP contribution is -2.46. The van der Waals surface area contributed by atoms with Gasteiger partial charge in [-0.25, -0.2) is 10.3 Å². The fourth-order valence-electron chi connectivity index (χ4n) is 2.74. The van der Waals surface area contributed by atoms with Gasteiger partial charge in [0.25, 0.3) is 0 Å². The van der Waals surface area contributed by atoms with E-state index >= 15 is 0 Å². The number of hydroxylamine groups is 1.